The highest BCUT2D eigenvalue weighted by atomic mass is 32.2. The number of carbonyl (C=O) groups is 2. The zero-order chi connectivity index (χ0) is 11.5. The van der Waals surface area contributed by atoms with Crippen LogP contribution in [-0.2, 0) is 14.3 Å². The molecule has 0 aromatic heterocycles. The number of carbonyl (C=O) groups excluding carboxylic acids is 2. The molecule has 2 aliphatic rings. The number of rotatable bonds is 2. The van der Waals surface area contributed by atoms with E-state index in [4.69, 9.17) is 4.74 Å². The predicted molar refractivity (Wildman–Crippen MR) is 63.6 cm³/mol. The Morgan fingerprint density at radius 1 is 1.38 bits per heavy atom. The third-order valence-electron chi connectivity index (χ3n) is 3.21. The molecular formula is C12H18O3S. The van der Waals surface area contributed by atoms with E-state index in [2.05, 4.69) is 0 Å². The van der Waals surface area contributed by atoms with Gasteiger partial charge in [0.15, 0.2) is 0 Å². The van der Waals surface area contributed by atoms with E-state index in [9.17, 15) is 9.59 Å². The van der Waals surface area contributed by atoms with Gasteiger partial charge in [0, 0.05) is 36.7 Å². The minimum Gasteiger partial charge on any atom is -0.374 e. The van der Waals surface area contributed by atoms with Gasteiger partial charge in [-0.05, 0) is 13.3 Å². The van der Waals surface area contributed by atoms with Gasteiger partial charge in [0.2, 0.25) is 0 Å². The van der Waals surface area contributed by atoms with E-state index >= 15 is 0 Å². The monoisotopic (exact) mass is 242 g/mol. The van der Waals surface area contributed by atoms with Crippen LogP contribution in [0.15, 0.2) is 0 Å². The standard InChI is InChI=1S/C12H18O3S/c1-8-4-10(13)6-11(15-8)5-9-7-16-3-2-12(9)14/h8-9,11H,2-7H2,1H3. The molecule has 3 nitrogen and oxygen atoms in total. The average Bonchev–Trinajstić information content (AvgIpc) is 2.20. The lowest BCUT2D eigenvalue weighted by atomic mass is 9.92. The van der Waals surface area contributed by atoms with E-state index in [1.54, 1.807) is 0 Å². The molecule has 0 bridgehead atoms. The van der Waals surface area contributed by atoms with E-state index in [1.165, 1.54) is 0 Å². The lowest BCUT2D eigenvalue weighted by Gasteiger charge is -2.30. The Hall–Kier alpha value is -0.350. The quantitative estimate of drug-likeness (QED) is 0.741. The molecule has 0 N–H and O–H groups in total. The minimum absolute atomic E-state index is 0.0242. The van der Waals surface area contributed by atoms with E-state index in [-0.39, 0.29) is 23.9 Å². The maximum atomic E-state index is 11.7. The first kappa shape index (κ1) is 12.1. The number of hydrogen-bond acceptors (Lipinski definition) is 4. The number of hydrogen-bond donors (Lipinski definition) is 0. The highest BCUT2D eigenvalue weighted by Crippen LogP contribution is 2.28. The molecule has 3 atom stereocenters. The molecule has 0 amide bonds. The molecule has 4 heteroatoms. The maximum absolute atomic E-state index is 11.7. The van der Waals surface area contributed by atoms with Gasteiger partial charge in [-0.2, -0.15) is 11.8 Å². The molecule has 0 aromatic carbocycles. The lowest BCUT2D eigenvalue weighted by molar-refractivity contribution is -0.137. The SMILES string of the molecule is CC1CC(=O)CC(CC2CSCCC2=O)O1. The third-order valence-corrected chi connectivity index (χ3v) is 4.34. The highest BCUT2D eigenvalue weighted by Gasteiger charge is 2.31. The fraction of sp³-hybridized carbons (Fsp3) is 0.833. The summed E-state index contributed by atoms with van der Waals surface area (Å²) in [6, 6.07) is 0. The summed E-state index contributed by atoms with van der Waals surface area (Å²) in [5.41, 5.74) is 0. The molecule has 16 heavy (non-hydrogen) atoms. The zero-order valence-electron chi connectivity index (χ0n) is 9.61. The van der Waals surface area contributed by atoms with Crippen LogP contribution < -0.4 is 0 Å². The van der Waals surface area contributed by atoms with Crippen molar-refractivity contribution in [2.75, 3.05) is 11.5 Å². The summed E-state index contributed by atoms with van der Waals surface area (Å²) >= 11 is 1.84. The maximum Gasteiger partial charge on any atom is 0.138 e. The van der Waals surface area contributed by atoms with Crippen LogP contribution in [0.4, 0.5) is 0 Å². The highest BCUT2D eigenvalue weighted by molar-refractivity contribution is 7.99. The molecule has 0 aliphatic carbocycles. The van der Waals surface area contributed by atoms with Crippen molar-refractivity contribution in [3.05, 3.63) is 0 Å². The van der Waals surface area contributed by atoms with Crippen LogP contribution in [0.25, 0.3) is 0 Å². The first-order chi connectivity index (χ1) is 7.65. The number of ether oxygens (including phenoxy) is 1. The Morgan fingerprint density at radius 3 is 2.88 bits per heavy atom. The first-order valence-electron chi connectivity index (χ1n) is 5.92. The van der Waals surface area contributed by atoms with E-state index in [0.717, 1.165) is 17.9 Å². The van der Waals surface area contributed by atoms with Gasteiger partial charge < -0.3 is 4.74 Å². The Kier molecular flexibility index (Phi) is 4.03. The third kappa shape index (κ3) is 3.08. The van der Waals surface area contributed by atoms with Crippen molar-refractivity contribution in [1.29, 1.82) is 0 Å². The molecule has 3 unspecified atom stereocenters. The lowest BCUT2D eigenvalue weighted by Crippen LogP contribution is -2.35. The van der Waals surface area contributed by atoms with Crippen LogP contribution in [0.5, 0.6) is 0 Å². The summed E-state index contributed by atoms with van der Waals surface area (Å²) in [5, 5.41) is 0. The van der Waals surface area contributed by atoms with Crippen molar-refractivity contribution in [1.82, 2.24) is 0 Å². The van der Waals surface area contributed by atoms with Gasteiger partial charge in [-0.3, -0.25) is 9.59 Å². The van der Waals surface area contributed by atoms with Gasteiger partial charge in [0.25, 0.3) is 0 Å². The molecule has 2 saturated heterocycles. The van der Waals surface area contributed by atoms with E-state index in [0.29, 0.717) is 25.0 Å². The van der Waals surface area contributed by atoms with Crippen molar-refractivity contribution in [2.24, 2.45) is 5.92 Å². The van der Waals surface area contributed by atoms with Gasteiger partial charge in [0.05, 0.1) is 12.2 Å². The molecule has 2 fully saturated rings. The van der Waals surface area contributed by atoms with Crippen molar-refractivity contribution < 1.29 is 14.3 Å². The Bertz CT molecular complexity index is 290. The van der Waals surface area contributed by atoms with Crippen molar-refractivity contribution in [3.8, 4) is 0 Å². The molecule has 0 aromatic rings. The van der Waals surface area contributed by atoms with Gasteiger partial charge in [-0.15, -0.1) is 0 Å². The predicted octanol–water partition coefficient (Wildman–Crippen LogP) is 1.84. The second-order valence-corrected chi connectivity index (χ2v) is 5.89. The van der Waals surface area contributed by atoms with Crippen LogP contribution in [0, 0.1) is 5.92 Å². The normalized spacial score (nSPS) is 36.4. The summed E-state index contributed by atoms with van der Waals surface area (Å²) in [6.07, 6.45) is 2.46. The zero-order valence-corrected chi connectivity index (χ0v) is 10.4. The van der Waals surface area contributed by atoms with Gasteiger partial charge in [0.1, 0.15) is 11.6 Å². The Labute approximate surface area is 100 Å². The molecule has 2 heterocycles. The number of ketones is 2. The smallest absolute Gasteiger partial charge is 0.138 e. The number of Topliss-reactive ketones (excluding diaryl/α,β-unsaturated/α-hetero) is 2. The topological polar surface area (TPSA) is 43.4 Å². The molecule has 90 valence electrons. The van der Waals surface area contributed by atoms with E-state index in [1.807, 2.05) is 18.7 Å². The second kappa shape index (κ2) is 5.32. The Morgan fingerprint density at radius 2 is 2.19 bits per heavy atom. The largest absolute Gasteiger partial charge is 0.374 e. The molecular weight excluding hydrogens is 224 g/mol. The van der Waals surface area contributed by atoms with Crippen LogP contribution in [0.2, 0.25) is 0 Å². The van der Waals surface area contributed by atoms with Crippen LogP contribution in [0.3, 0.4) is 0 Å². The number of thioether (sulfide) groups is 1. The van der Waals surface area contributed by atoms with Gasteiger partial charge in [-0.1, -0.05) is 0 Å². The van der Waals surface area contributed by atoms with Gasteiger partial charge >= 0.3 is 0 Å². The fourth-order valence-corrected chi connectivity index (χ4v) is 3.55. The first-order valence-corrected chi connectivity index (χ1v) is 7.08. The second-order valence-electron chi connectivity index (χ2n) is 4.74. The molecule has 0 radical (unpaired) electrons. The van der Waals surface area contributed by atoms with Crippen molar-refractivity contribution in [3.63, 3.8) is 0 Å². The average molecular weight is 242 g/mol. The molecule has 2 aliphatic heterocycles. The van der Waals surface area contributed by atoms with Crippen LogP contribution >= 0.6 is 11.8 Å². The summed E-state index contributed by atoms with van der Waals surface area (Å²) in [7, 11) is 0. The summed E-state index contributed by atoms with van der Waals surface area (Å²) in [6.45, 7) is 1.93. The Balaban J connectivity index is 1.88. The summed E-state index contributed by atoms with van der Waals surface area (Å²) in [5.74, 6) is 2.60. The minimum atomic E-state index is -0.0242. The molecule has 0 saturated carbocycles. The summed E-state index contributed by atoms with van der Waals surface area (Å²) in [4.78, 5) is 23.1. The van der Waals surface area contributed by atoms with E-state index < -0.39 is 0 Å². The van der Waals surface area contributed by atoms with Crippen LogP contribution in [0.1, 0.15) is 32.6 Å². The summed E-state index contributed by atoms with van der Waals surface area (Å²) < 4.78 is 5.73. The molecule has 2 rings (SSSR count). The van der Waals surface area contributed by atoms with Gasteiger partial charge in [-0.25, -0.2) is 0 Å². The van der Waals surface area contributed by atoms with Crippen LogP contribution in [-0.4, -0.2) is 35.3 Å². The fourth-order valence-electron chi connectivity index (χ4n) is 2.43. The van der Waals surface area contributed by atoms with Crippen molar-refractivity contribution in [2.45, 2.75) is 44.8 Å². The van der Waals surface area contributed by atoms with Crippen molar-refractivity contribution >= 4 is 23.3 Å². The molecule has 0 spiro atoms.